The van der Waals surface area contributed by atoms with E-state index in [1.807, 2.05) is 0 Å². The lowest BCUT2D eigenvalue weighted by atomic mass is 9.74. The number of carbonyl (C=O) groups excluding carboxylic acids is 12. The van der Waals surface area contributed by atoms with Crippen molar-refractivity contribution in [2.45, 2.75) is 322 Å². The van der Waals surface area contributed by atoms with Gasteiger partial charge in [-0.1, -0.05) is 89.5 Å². The van der Waals surface area contributed by atoms with Crippen LogP contribution in [-0.4, -0.2) is 428 Å². The van der Waals surface area contributed by atoms with E-state index in [1.165, 1.54) is 55.8 Å². The van der Waals surface area contributed by atoms with Crippen LogP contribution in [0.5, 0.6) is 0 Å². The highest BCUT2D eigenvalue weighted by molar-refractivity contribution is 8.23. The van der Waals surface area contributed by atoms with E-state index < -0.39 is 371 Å². The summed E-state index contributed by atoms with van der Waals surface area (Å²) in [6.07, 6.45) is -35.9. The number of methoxy groups -OCH3 is 2. The number of aliphatic hydroxyl groups is 8. The largest absolute Gasteiger partial charge is 0.508 e. The maximum Gasteiger partial charge on any atom is 0.341 e. The highest BCUT2D eigenvalue weighted by atomic mass is 32.2. The minimum atomic E-state index is -3.19. The first-order valence-corrected chi connectivity index (χ1v) is 50.1. The molecule has 0 spiro atoms. The number of amides is 4. The number of aliphatic hydroxyl groups excluding tert-OH is 4. The molecule has 60 heteroatoms. The molecule has 0 saturated carbocycles. The van der Waals surface area contributed by atoms with Crippen LogP contribution in [0.1, 0.15) is 143 Å². The van der Waals surface area contributed by atoms with Crippen molar-refractivity contribution in [2.24, 2.45) is 11.8 Å². The summed E-state index contributed by atoms with van der Waals surface area (Å²) in [6.45, 7) is 19.2. The number of carboxylic acid groups (broad SMARTS) is 6. The van der Waals surface area contributed by atoms with Crippen LogP contribution < -0.4 is 31.9 Å². The summed E-state index contributed by atoms with van der Waals surface area (Å²) in [5.74, 6) is -26.9. The van der Waals surface area contributed by atoms with E-state index in [9.17, 15) is 158 Å². The van der Waals surface area contributed by atoms with Crippen molar-refractivity contribution in [3.05, 3.63) is 22.7 Å². The standard InChI is InChI=1S/C44H64N4O23S3.C43H62N4O23S3/c1-10-16(2)40(61)68-19(5)44(64)18(4)67-28(11-27(44)65-9)70-34-32(53)36(43(63)12-25(52)30(45)29(35(43)54)39(59)60)69-26(13-66-22(8)51)33(34)71-41(62)31(17(3)73-14-23(37(55)56)46-20(6)49)48-42(72)74-15-24(38(57)58)47-21(7)50;1-15(2)39(60)67-18(5)43(63)17(4)66-27(10-26(43)64-9)69-33-31(52)35(42(62)11-24(51)29(44)28(34(42)53)38(58)59)68-25(12-65-21(8)50)32(33)70-40(61)30(16(3)72-13-22(36(54)55)45-19(6)48)47-41(71)73-14-23(37(56)57)46-20(7)49/h16-19,23-24,26-28,31-34,36,45,53-54,63-64H,10-15H2,1-9H3,(H,46,49)(H,47,50)(H,48,72)(H,55,56)(H,57,58)(H,59,60);15-18,22-23,25-27,30-33,35,44,52-53,62-63H,10-14H2,1-9H3,(H,45,48)(H,46,49)(H,47,71)(H,54,55)(H,56,57)(H,58,59). The summed E-state index contributed by atoms with van der Waals surface area (Å²) in [5.41, 5.74) is -15.7. The fourth-order valence-corrected chi connectivity index (χ4v) is 20.4. The predicted octanol–water partition coefficient (Wildman–Crippen LogP) is -2.93. The lowest BCUT2D eigenvalue weighted by Crippen LogP contribution is -2.70. The van der Waals surface area contributed by atoms with Crippen LogP contribution in [0.2, 0.25) is 0 Å². The Hall–Kier alpha value is -10.1. The first-order valence-electron chi connectivity index (χ1n) is 45.2. The highest BCUT2D eigenvalue weighted by Crippen LogP contribution is 2.47. The third kappa shape index (κ3) is 33.0. The van der Waals surface area contributed by atoms with Gasteiger partial charge in [0.2, 0.25) is 23.6 Å². The summed E-state index contributed by atoms with van der Waals surface area (Å²) in [5, 5.41) is 183. The van der Waals surface area contributed by atoms with Crippen molar-refractivity contribution in [1.82, 2.24) is 31.9 Å². The Morgan fingerprint density at radius 2 is 0.769 bits per heavy atom. The zero-order valence-electron chi connectivity index (χ0n) is 82.7. The van der Waals surface area contributed by atoms with E-state index in [2.05, 4.69) is 31.9 Å². The molecule has 4 fully saturated rings. The first-order chi connectivity index (χ1) is 68.2. The molecule has 54 nitrogen and oxygen atoms in total. The quantitative estimate of drug-likeness (QED) is 0.0165. The second kappa shape index (κ2) is 55.6. The summed E-state index contributed by atoms with van der Waals surface area (Å²) < 4.78 is 81.3. The van der Waals surface area contributed by atoms with Crippen LogP contribution in [0.4, 0.5) is 0 Å². The molecule has 4 amide bonds. The van der Waals surface area contributed by atoms with E-state index in [1.54, 1.807) is 27.7 Å². The third-order valence-corrected chi connectivity index (χ3v) is 29.6. The summed E-state index contributed by atoms with van der Waals surface area (Å²) in [7, 11) is 2.41. The van der Waals surface area contributed by atoms with Gasteiger partial charge in [-0.25, -0.2) is 38.4 Å². The molecule has 0 aromatic heterocycles. The zero-order valence-corrected chi connectivity index (χ0v) is 87.6. The number of nitrogens with one attached hydrogen (secondary N) is 8. The summed E-state index contributed by atoms with van der Waals surface area (Å²) in [4.78, 5) is 225. The molecule has 0 bridgehead atoms. The molecule has 0 radical (unpaired) electrons. The van der Waals surface area contributed by atoms with Gasteiger partial charge < -0.3 is 170 Å². The summed E-state index contributed by atoms with van der Waals surface area (Å²) in [6, 6.07) is -9.30. The van der Waals surface area contributed by atoms with Crippen LogP contribution >= 0.6 is 71.5 Å². The number of esters is 6. The minimum Gasteiger partial charge on any atom is -0.508 e. The molecular formula is C87H126N8O46S6. The van der Waals surface area contributed by atoms with Gasteiger partial charge in [0.15, 0.2) is 58.8 Å². The maximum absolute atomic E-state index is 14.8. The minimum absolute atomic E-state index is 0.269. The van der Waals surface area contributed by atoms with E-state index in [-0.39, 0.29) is 31.7 Å². The molecule has 4 aliphatic heterocycles. The Morgan fingerprint density at radius 1 is 0.463 bits per heavy atom. The molecular weight excluding hydrogens is 2090 g/mol. The molecule has 22 N–H and O–H groups in total. The third-order valence-electron chi connectivity index (χ3n) is 24.2. The normalized spacial score (nSPS) is 29.4. The molecule has 2 aliphatic carbocycles. The van der Waals surface area contributed by atoms with Gasteiger partial charge in [-0.05, 0) is 34.1 Å². The molecule has 147 heavy (non-hydrogen) atoms. The van der Waals surface area contributed by atoms with E-state index >= 15 is 0 Å². The van der Waals surface area contributed by atoms with Crippen molar-refractivity contribution in [3.63, 3.8) is 0 Å². The first kappa shape index (κ1) is 127. The lowest BCUT2D eigenvalue weighted by molar-refractivity contribution is -0.345. The number of aliphatic carboxylic acids is 6. The van der Waals surface area contributed by atoms with Crippen LogP contribution in [-0.2, 0) is 153 Å². The molecule has 6 rings (SSSR count). The number of ketones is 2. The molecule has 0 aromatic rings. The highest BCUT2D eigenvalue weighted by Gasteiger charge is 2.66. The molecule has 0 aromatic carbocycles. The molecule has 6 aliphatic rings. The predicted molar refractivity (Wildman–Crippen MR) is 515 cm³/mol. The number of carboxylic acids is 6. The van der Waals surface area contributed by atoms with Crippen LogP contribution in [0, 0.1) is 22.7 Å². The monoisotopic (exact) mass is 2210 g/mol. The van der Waals surface area contributed by atoms with E-state index in [0.29, 0.717) is 29.9 Å². The van der Waals surface area contributed by atoms with Gasteiger partial charge in [-0.15, -0.1) is 0 Å². The van der Waals surface area contributed by atoms with Gasteiger partial charge in [-0.3, -0.25) is 58.8 Å². The van der Waals surface area contributed by atoms with Crippen molar-refractivity contribution in [1.29, 1.82) is 10.8 Å². The van der Waals surface area contributed by atoms with Crippen LogP contribution in [0.15, 0.2) is 22.7 Å². The number of hydrogen-bond acceptors (Lipinski definition) is 48. The summed E-state index contributed by atoms with van der Waals surface area (Å²) >= 11 is 13.8. The molecule has 31 atom stereocenters. The number of rotatable bonds is 47. The Balaban J connectivity index is 0.000000517. The fraction of sp³-hybridized carbons (Fsp3) is 0.701. The van der Waals surface area contributed by atoms with Crippen molar-refractivity contribution in [3.8, 4) is 0 Å². The van der Waals surface area contributed by atoms with Gasteiger partial charge in [0.25, 0.3) is 0 Å². The number of thioether (sulfide) groups is 4. The van der Waals surface area contributed by atoms with E-state index in [0.717, 1.165) is 65.1 Å². The Kier molecular flexibility index (Phi) is 48.2. The fourth-order valence-electron chi connectivity index (χ4n) is 16.0. The zero-order chi connectivity index (χ0) is 112. The van der Waals surface area contributed by atoms with Gasteiger partial charge >= 0.3 is 71.6 Å². The number of ether oxygens (including phenoxy) is 14. The van der Waals surface area contributed by atoms with Gasteiger partial charge in [-0.2, -0.15) is 23.5 Å². The van der Waals surface area contributed by atoms with Crippen molar-refractivity contribution < 1.29 is 224 Å². The second-order valence-corrected chi connectivity index (χ2v) is 41.5. The Labute approximate surface area is 867 Å². The van der Waals surface area contributed by atoms with Gasteiger partial charge in [0.05, 0.1) is 49.1 Å². The van der Waals surface area contributed by atoms with Crippen LogP contribution in [0.3, 0.4) is 0 Å². The number of hydrogen-bond donors (Lipinski definition) is 22. The second-order valence-electron chi connectivity index (χ2n) is 35.3. The maximum atomic E-state index is 14.8. The molecule has 4 saturated heterocycles. The lowest BCUT2D eigenvalue weighted by Gasteiger charge is -2.52. The van der Waals surface area contributed by atoms with Crippen LogP contribution in [0.25, 0.3) is 0 Å². The number of carbonyl (C=O) groups is 18. The number of Topliss-reactive ketones (excluding diaryl/α,β-unsaturated/α-hetero) is 2. The molecule has 4 heterocycles. The Bertz CT molecular complexity index is 4980. The van der Waals surface area contributed by atoms with Gasteiger partial charge in [0, 0.05) is 102 Å². The van der Waals surface area contributed by atoms with Crippen molar-refractivity contribution in [2.75, 3.05) is 50.4 Å². The van der Waals surface area contributed by atoms with Gasteiger partial charge in [0.1, 0.15) is 153 Å². The smallest absolute Gasteiger partial charge is 0.341 e. The number of thiocarbonyl (C=S) groups is 2. The Morgan fingerprint density at radius 3 is 1.04 bits per heavy atom. The average Bonchev–Trinajstić information content (AvgIpc) is 0.732. The molecule has 31 unspecified atom stereocenters. The van der Waals surface area contributed by atoms with E-state index in [4.69, 9.17) is 102 Å². The molecule has 826 valence electrons. The SMILES string of the molecule is CCC(C)C(=O)OC(C)C1(O)C(C)OC(OC2C(O)C(C3(O)CC(=O)C(=N)C(C(=O)O)=C3O)OC(COC(C)=O)C2OC(=O)C(NC(=S)SCC(NC(C)=O)C(=O)O)C(C)SCC(NC(C)=O)C(=O)O)CC1OC.COC1CC(OC2C(O)C(C3(O)CC(=O)C(=N)C(C(=O)O)=C3O)OC(COC(C)=O)C2OC(=O)C(NC(=S)SCC(NC(C)=O)C(=O)O)C(C)SCC(NC(C)=O)C(=O)O)OC(C)C1(O)C(C)OC(=O)C(C)C. The average molecular weight is 2210 g/mol. The topological polar surface area (TPSA) is 840 Å². The van der Waals surface area contributed by atoms with Crippen molar-refractivity contribution >= 4 is 198 Å².